The molecule has 0 aliphatic rings. The Kier molecular flexibility index (Phi) is 4.41. The molecular formula is C8H16O. The Morgan fingerprint density at radius 1 is 1.44 bits per heavy atom. The van der Waals surface area contributed by atoms with Crippen LogP contribution < -0.4 is 0 Å². The minimum Gasteiger partial charge on any atom is -0.393 e. The van der Waals surface area contributed by atoms with Crippen molar-refractivity contribution in [3.8, 4) is 0 Å². The van der Waals surface area contributed by atoms with Gasteiger partial charge in [-0.25, -0.2) is 0 Å². The SMILES string of the molecule is C/C=C/C(C)CC(C)O. The van der Waals surface area contributed by atoms with E-state index in [2.05, 4.69) is 13.0 Å². The van der Waals surface area contributed by atoms with Crippen LogP contribution in [-0.2, 0) is 0 Å². The van der Waals surface area contributed by atoms with Crippen LogP contribution in [-0.4, -0.2) is 11.2 Å². The summed E-state index contributed by atoms with van der Waals surface area (Å²) < 4.78 is 0. The summed E-state index contributed by atoms with van der Waals surface area (Å²) in [6, 6.07) is 0. The van der Waals surface area contributed by atoms with Gasteiger partial charge < -0.3 is 5.11 Å². The van der Waals surface area contributed by atoms with Gasteiger partial charge in [0.15, 0.2) is 0 Å². The third-order valence-electron chi connectivity index (χ3n) is 1.23. The van der Waals surface area contributed by atoms with Crippen LogP contribution in [0, 0.1) is 5.92 Å². The van der Waals surface area contributed by atoms with E-state index < -0.39 is 0 Å². The summed E-state index contributed by atoms with van der Waals surface area (Å²) in [6.45, 7) is 5.92. The number of hydrogen-bond acceptors (Lipinski definition) is 1. The van der Waals surface area contributed by atoms with Crippen LogP contribution in [0.1, 0.15) is 27.2 Å². The molecule has 0 rings (SSSR count). The standard InChI is InChI=1S/C8H16O/c1-4-5-7(2)6-8(3)9/h4-5,7-9H,6H2,1-3H3/b5-4+. The summed E-state index contributed by atoms with van der Waals surface area (Å²) in [5, 5.41) is 8.92. The molecule has 0 aliphatic heterocycles. The predicted molar refractivity (Wildman–Crippen MR) is 40.3 cm³/mol. The molecule has 0 saturated carbocycles. The van der Waals surface area contributed by atoms with E-state index >= 15 is 0 Å². The Hall–Kier alpha value is -0.300. The molecule has 1 nitrogen and oxygen atoms in total. The van der Waals surface area contributed by atoms with Crippen LogP contribution in [0.15, 0.2) is 12.2 Å². The zero-order valence-electron chi connectivity index (χ0n) is 6.46. The lowest BCUT2D eigenvalue weighted by Crippen LogP contribution is -2.04. The van der Waals surface area contributed by atoms with Crippen molar-refractivity contribution in [1.29, 1.82) is 0 Å². The molecule has 0 aromatic heterocycles. The summed E-state index contributed by atoms with van der Waals surface area (Å²) in [4.78, 5) is 0. The molecule has 1 heteroatoms. The summed E-state index contributed by atoms with van der Waals surface area (Å²) >= 11 is 0. The topological polar surface area (TPSA) is 20.2 Å². The van der Waals surface area contributed by atoms with E-state index in [4.69, 9.17) is 5.11 Å². The van der Waals surface area contributed by atoms with Gasteiger partial charge in [0.1, 0.15) is 0 Å². The molecular weight excluding hydrogens is 112 g/mol. The summed E-state index contributed by atoms with van der Waals surface area (Å²) in [5.41, 5.74) is 0. The molecule has 0 amide bonds. The molecule has 0 radical (unpaired) electrons. The predicted octanol–water partition coefficient (Wildman–Crippen LogP) is 1.97. The highest BCUT2D eigenvalue weighted by Gasteiger charge is 2.00. The zero-order valence-corrected chi connectivity index (χ0v) is 6.46. The van der Waals surface area contributed by atoms with Crippen LogP contribution in [0.5, 0.6) is 0 Å². The van der Waals surface area contributed by atoms with Crippen LogP contribution in [0.3, 0.4) is 0 Å². The van der Waals surface area contributed by atoms with Gasteiger partial charge in [0.05, 0.1) is 6.10 Å². The Balaban J connectivity index is 3.38. The van der Waals surface area contributed by atoms with Crippen molar-refractivity contribution in [2.45, 2.75) is 33.3 Å². The lowest BCUT2D eigenvalue weighted by atomic mass is 10.0. The molecule has 1 N–H and O–H groups in total. The lowest BCUT2D eigenvalue weighted by Gasteiger charge is -2.06. The monoisotopic (exact) mass is 128 g/mol. The lowest BCUT2D eigenvalue weighted by molar-refractivity contribution is 0.172. The number of aliphatic hydroxyl groups is 1. The highest BCUT2D eigenvalue weighted by molar-refractivity contribution is 4.83. The van der Waals surface area contributed by atoms with Gasteiger partial charge in [0, 0.05) is 0 Å². The second-order valence-electron chi connectivity index (χ2n) is 2.59. The molecule has 0 aromatic rings. The third-order valence-corrected chi connectivity index (χ3v) is 1.23. The number of aliphatic hydroxyl groups excluding tert-OH is 1. The first-order valence-corrected chi connectivity index (χ1v) is 3.47. The molecule has 0 aromatic carbocycles. The molecule has 0 aliphatic carbocycles. The van der Waals surface area contributed by atoms with Gasteiger partial charge in [0.25, 0.3) is 0 Å². The average Bonchev–Trinajstić information content (AvgIpc) is 1.63. The van der Waals surface area contributed by atoms with E-state index in [1.807, 2.05) is 19.9 Å². The first kappa shape index (κ1) is 8.70. The molecule has 0 fully saturated rings. The van der Waals surface area contributed by atoms with E-state index in [0.717, 1.165) is 6.42 Å². The second kappa shape index (κ2) is 4.57. The summed E-state index contributed by atoms with van der Waals surface area (Å²) in [7, 11) is 0. The van der Waals surface area contributed by atoms with E-state index in [1.54, 1.807) is 0 Å². The van der Waals surface area contributed by atoms with Crippen molar-refractivity contribution >= 4 is 0 Å². The van der Waals surface area contributed by atoms with Crippen LogP contribution in [0.25, 0.3) is 0 Å². The van der Waals surface area contributed by atoms with Gasteiger partial charge in [-0.15, -0.1) is 0 Å². The Labute approximate surface area is 57.4 Å². The van der Waals surface area contributed by atoms with E-state index in [9.17, 15) is 0 Å². The third kappa shape index (κ3) is 5.57. The second-order valence-corrected chi connectivity index (χ2v) is 2.59. The Bertz CT molecular complexity index is 84.6. The zero-order chi connectivity index (χ0) is 7.28. The van der Waals surface area contributed by atoms with Gasteiger partial charge in [-0.05, 0) is 26.2 Å². The molecule has 54 valence electrons. The minimum atomic E-state index is -0.170. The van der Waals surface area contributed by atoms with Crippen molar-refractivity contribution in [3.05, 3.63) is 12.2 Å². The fourth-order valence-electron chi connectivity index (χ4n) is 0.945. The molecule has 0 heterocycles. The average molecular weight is 128 g/mol. The largest absolute Gasteiger partial charge is 0.393 e. The van der Waals surface area contributed by atoms with Crippen molar-refractivity contribution in [1.82, 2.24) is 0 Å². The van der Waals surface area contributed by atoms with E-state index in [0.29, 0.717) is 5.92 Å². The van der Waals surface area contributed by atoms with E-state index in [1.165, 1.54) is 0 Å². The van der Waals surface area contributed by atoms with Crippen LogP contribution >= 0.6 is 0 Å². The highest BCUT2D eigenvalue weighted by Crippen LogP contribution is 2.06. The van der Waals surface area contributed by atoms with Crippen molar-refractivity contribution < 1.29 is 5.11 Å². The maximum Gasteiger partial charge on any atom is 0.0517 e. The van der Waals surface area contributed by atoms with Crippen LogP contribution in [0.4, 0.5) is 0 Å². The van der Waals surface area contributed by atoms with Gasteiger partial charge in [-0.3, -0.25) is 0 Å². The fraction of sp³-hybridized carbons (Fsp3) is 0.750. The van der Waals surface area contributed by atoms with Gasteiger partial charge in [-0.2, -0.15) is 0 Å². The molecule has 0 spiro atoms. The molecule has 2 unspecified atom stereocenters. The smallest absolute Gasteiger partial charge is 0.0517 e. The Morgan fingerprint density at radius 2 is 2.00 bits per heavy atom. The van der Waals surface area contributed by atoms with E-state index in [-0.39, 0.29) is 6.10 Å². The maximum absolute atomic E-state index is 8.92. The van der Waals surface area contributed by atoms with Gasteiger partial charge >= 0.3 is 0 Å². The quantitative estimate of drug-likeness (QED) is 0.576. The Morgan fingerprint density at radius 3 is 2.33 bits per heavy atom. The normalized spacial score (nSPS) is 18.2. The summed E-state index contributed by atoms with van der Waals surface area (Å²) in [5.74, 6) is 0.509. The van der Waals surface area contributed by atoms with Gasteiger partial charge in [0.2, 0.25) is 0 Å². The molecule has 0 bridgehead atoms. The molecule has 9 heavy (non-hydrogen) atoms. The number of hydrogen-bond donors (Lipinski definition) is 1. The highest BCUT2D eigenvalue weighted by atomic mass is 16.3. The first-order valence-electron chi connectivity index (χ1n) is 3.47. The summed E-state index contributed by atoms with van der Waals surface area (Å²) in [6.07, 6.45) is 4.82. The number of allylic oxidation sites excluding steroid dienone is 2. The fourth-order valence-corrected chi connectivity index (χ4v) is 0.945. The minimum absolute atomic E-state index is 0.170. The molecule has 0 saturated heterocycles. The maximum atomic E-state index is 8.92. The van der Waals surface area contributed by atoms with Crippen molar-refractivity contribution in [2.75, 3.05) is 0 Å². The number of rotatable bonds is 3. The van der Waals surface area contributed by atoms with Crippen molar-refractivity contribution in [2.24, 2.45) is 5.92 Å². The molecule has 2 atom stereocenters. The van der Waals surface area contributed by atoms with Gasteiger partial charge in [-0.1, -0.05) is 19.1 Å². The van der Waals surface area contributed by atoms with Crippen molar-refractivity contribution in [3.63, 3.8) is 0 Å². The first-order chi connectivity index (χ1) is 4.16. The van der Waals surface area contributed by atoms with Crippen LogP contribution in [0.2, 0.25) is 0 Å².